The molecule has 0 aromatic heterocycles. The van der Waals surface area contributed by atoms with Gasteiger partial charge in [0, 0.05) is 16.1 Å². The van der Waals surface area contributed by atoms with Crippen LogP contribution in [0.3, 0.4) is 0 Å². The topological polar surface area (TPSA) is 27.7 Å². The largest absolute Gasteiger partial charge is 0.494 e. The Morgan fingerprint density at radius 2 is 1.91 bits per heavy atom. The molecule has 1 radical (unpaired) electrons. The maximum absolute atomic E-state index is 5.68. The van der Waals surface area contributed by atoms with Gasteiger partial charge in [0.2, 0.25) is 0 Å². The van der Waals surface area contributed by atoms with Crippen LogP contribution in [0.1, 0.15) is 25.0 Å². The lowest BCUT2D eigenvalue weighted by Crippen LogP contribution is -1.99. The third-order valence-electron chi connectivity index (χ3n) is 3.14. The highest BCUT2D eigenvalue weighted by Crippen LogP contribution is 2.37. The Morgan fingerprint density at radius 3 is 2.57 bits per heavy atom. The third kappa shape index (κ3) is 4.52. The fourth-order valence-corrected chi connectivity index (χ4v) is 2.58. The lowest BCUT2D eigenvalue weighted by atomic mass is 10.1. The smallest absolute Gasteiger partial charge is 0.168 e. The van der Waals surface area contributed by atoms with Crippen molar-refractivity contribution < 1.29 is 14.2 Å². The van der Waals surface area contributed by atoms with Gasteiger partial charge in [0.15, 0.2) is 11.5 Å². The van der Waals surface area contributed by atoms with E-state index in [1.807, 2.05) is 56.3 Å². The van der Waals surface area contributed by atoms with Crippen molar-refractivity contribution in [2.45, 2.75) is 13.8 Å². The number of methoxy groups -OCH3 is 1. The van der Waals surface area contributed by atoms with Crippen molar-refractivity contribution in [1.29, 1.82) is 0 Å². The van der Waals surface area contributed by atoms with Crippen molar-refractivity contribution in [1.82, 2.24) is 0 Å². The molecule has 0 saturated carbocycles. The van der Waals surface area contributed by atoms with Gasteiger partial charge in [-0.05, 0) is 37.6 Å². The molecule has 0 fully saturated rings. The van der Waals surface area contributed by atoms with Crippen LogP contribution in [0.15, 0.2) is 34.8 Å². The van der Waals surface area contributed by atoms with E-state index in [4.69, 9.17) is 14.2 Å². The number of halogens is 1. The van der Waals surface area contributed by atoms with Gasteiger partial charge in [-0.3, -0.25) is 0 Å². The van der Waals surface area contributed by atoms with Crippen molar-refractivity contribution in [3.8, 4) is 17.2 Å². The zero-order valence-corrected chi connectivity index (χ0v) is 15.1. The molecule has 23 heavy (non-hydrogen) atoms. The summed E-state index contributed by atoms with van der Waals surface area (Å²) in [5, 5.41) is 0. The molecule has 0 heterocycles. The Kier molecular flexibility index (Phi) is 6.53. The first-order chi connectivity index (χ1) is 11.2. The number of hydrogen-bond donors (Lipinski definition) is 0. The Labute approximate surface area is 146 Å². The molecule has 0 atom stereocenters. The molecule has 0 saturated heterocycles. The first-order valence-corrected chi connectivity index (χ1v) is 8.30. The van der Waals surface area contributed by atoms with Gasteiger partial charge in [-0.15, -0.1) is 0 Å². The van der Waals surface area contributed by atoms with Crippen molar-refractivity contribution >= 4 is 28.1 Å². The second kappa shape index (κ2) is 8.63. The zero-order chi connectivity index (χ0) is 16.7. The van der Waals surface area contributed by atoms with Crippen LogP contribution in [0.5, 0.6) is 17.2 Å². The quantitative estimate of drug-likeness (QED) is 0.620. The summed E-state index contributed by atoms with van der Waals surface area (Å²) in [5.74, 6) is 2.13. The molecule has 0 unspecified atom stereocenters. The van der Waals surface area contributed by atoms with Crippen molar-refractivity contribution in [3.05, 3.63) is 52.0 Å². The number of ether oxygens (including phenoxy) is 3. The first kappa shape index (κ1) is 17.4. The number of benzene rings is 2. The van der Waals surface area contributed by atoms with E-state index in [1.54, 1.807) is 7.11 Å². The van der Waals surface area contributed by atoms with Crippen molar-refractivity contribution in [3.63, 3.8) is 0 Å². The fourth-order valence-electron chi connectivity index (χ4n) is 2.18. The van der Waals surface area contributed by atoms with Gasteiger partial charge < -0.3 is 14.2 Å². The summed E-state index contributed by atoms with van der Waals surface area (Å²) in [4.78, 5) is 0. The molecule has 0 amide bonds. The number of rotatable bonds is 7. The molecule has 0 N–H and O–H groups in total. The van der Waals surface area contributed by atoms with Gasteiger partial charge in [0.1, 0.15) is 5.75 Å². The maximum Gasteiger partial charge on any atom is 0.168 e. The minimum Gasteiger partial charge on any atom is -0.494 e. The standard InChI is InChI=1S/C19H20BrO3/c1-4-22-16-12-15(19(21-3)18(13-16)23-5-2)11-10-14-8-6-7-9-17(14)20/h6-7,9-13H,4-5H2,1-3H3. The lowest BCUT2D eigenvalue weighted by molar-refractivity contribution is 0.302. The predicted octanol–water partition coefficient (Wildman–Crippen LogP) is 5.23. The highest BCUT2D eigenvalue weighted by molar-refractivity contribution is 9.10. The molecule has 0 aliphatic carbocycles. The summed E-state index contributed by atoms with van der Waals surface area (Å²) >= 11 is 3.52. The number of hydrogen-bond acceptors (Lipinski definition) is 3. The zero-order valence-electron chi connectivity index (χ0n) is 13.6. The molecule has 0 bridgehead atoms. The highest BCUT2D eigenvalue weighted by atomic mass is 79.9. The van der Waals surface area contributed by atoms with Crippen LogP contribution in [0, 0.1) is 6.07 Å². The molecule has 121 valence electrons. The van der Waals surface area contributed by atoms with E-state index in [0.717, 1.165) is 21.3 Å². The molecule has 2 aromatic rings. The Bertz CT molecular complexity index is 680. The highest BCUT2D eigenvalue weighted by Gasteiger charge is 2.12. The second-order valence-electron chi connectivity index (χ2n) is 4.67. The van der Waals surface area contributed by atoms with Crippen LogP contribution in [0.2, 0.25) is 0 Å². The molecule has 2 aromatic carbocycles. The van der Waals surface area contributed by atoms with Gasteiger partial charge in [0.05, 0.1) is 20.3 Å². The predicted molar refractivity (Wildman–Crippen MR) is 97.2 cm³/mol. The monoisotopic (exact) mass is 375 g/mol. The van der Waals surface area contributed by atoms with E-state index in [9.17, 15) is 0 Å². The summed E-state index contributed by atoms with van der Waals surface area (Å²) < 4.78 is 17.8. The Balaban J connectivity index is 2.44. The minimum absolute atomic E-state index is 0.563. The average molecular weight is 376 g/mol. The van der Waals surface area contributed by atoms with Crippen LogP contribution in [-0.2, 0) is 0 Å². The normalized spacial score (nSPS) is 10.8. The molecule has 0 aliphatic heterocycles. The molecule has 2 rings (SSSR count). The average Bonchev–Trinajstić information content (AvgIpc) is 2.54. The maximum atomic E-state index is 5.68. The van der Waals surface area contributed by atoms with E-state index < -0.39 is 0 Å². The summed E-state index contributed by atoms with van der Waals surface area (Å²) in [6, 6.07) is 12.8. The van der Waals surface area contributed by atoms with E-state index in [0.29, 0.717) is 24.7 Å². The van der Waals surface area contributed by atoms with Crippen LogP contribution in [0.25, 0.3) is 12.2 Å². The van der Waals surface area contributed by atoms with Crippen molar-refractivity contribution in [2.75, 3.05) is 20.3 Å². The van der Waals surface area contributed by atoms with Crippen LogP contribution >= 0.6 is 15.9 Å². The molecule has 4 heteroatoms. The Morgan fingerprint density at radius 1 is 1.13 bits per heavy atom. The fraction of sp³-hybridized carbons (Fsp3) is 0.263. The second-order valence-corrected chi connectivity index (χ2v) is 5.53. The van der Waals surface area contributed by atoms with E-state index in [1.165, 1.54) is 0 Å². The molecular weight excluding hydrogens is 356 g/mol. The third-order valence-corrected chi connectivity index (χ3v) is 3.83. The summed E-state index contributed by atoms with van der Waals surface area (Å²) in [6.07, 6.45) is 3.95. The van der Waals surface area contributed by atoms with Gasteiger partial charge >= 0.3 is 0 Å². The van der Waals surface area contributed by atoms with E-state index in [2.05, 4.69) is 22.0 Å². The molecule has 0 aliphatic rings. The SMILES string of the molecule is CCOc1cc(C=Cc2[c]cccc2Br)c(OC)c(OCC)c1. The van der Waals surface area contributed by atoms with Gasteiger partial charge in [0.25, 0.3) is 0 Å². The summed E-state index contributed by atoms with van der Waals surface area (Å²) in [5.41, 5.74) is 1.86. The van der Waals surface area contributed by atoms with Crippen molar-refractivity contribution in [2.24, 2.45) is 0 Å². The molecule has 0 spiro atoms. The summed E-state index contributed by atoms with van der Waals surface area (Å²) in [6.45, 7) is 5.06. The van der Waals surface area contributed by atoms with Gasteiger partial charge in [-0.2, -0.15) is 0 Å². The van der Waals surface area contributed by atoms with Gasteiger partial charge in [-0.1, -0.05) is 40.2 Å². The van der Waals surface area contributed by atoms with Crippen LogP contribution < -0.4 is 14.2 Å². The lowest BCUT2D eigenvalue weighted by Gasteiger charge is -2.14. The van der Waals surface area contributed by atoms with E-state index in [-0.39, 0.29) is 0 Å². The molecule has 3 nitrogen and oxygen atoms in total. The van der Waals surface area contributed by atoms with Crippen LogP contribution in [-0.4, -0.2) is 20.3 Å². The van der Waals surface area contributed by atoms with Crippen LogP contribution in [0.4, 0.5) is 0 Å². The Hall–Kier alpha value is -1.94. The van der Waals surface area contributed by atoms with Gasteiger partial charge in [-0.25, -0.2) is 0 Å². The van der Waals surface area contributed by atoms with E-state index >= 15 is 0 Å². The first-order valence-electron chi connectivity index (χ1n) is 7.51. The molecular formula is C19H20BrO3. The minimum atomic E-state index is 0.563. The summed E-state index contributed by atoms with van der Waals surface area (Å²) in [7, 11) is 1.64.